The van der Waals surface area contributed by atoms with Gasteiger partial charge in [0.15, 0.2) is 5.78 Å². The van der Waals surface area contributed by atoms with Crippen molar-refractivity contribution in [2.24, 2.45) is 5.92 Å². The highest BCUT2D eigenvalue weighted by atomic mass is 16.3. The number of furan rings is 1. The lowest BCUT2D eigenvalue weighted by atomic mass is 10.0. The first kappa shape index (κ1) is 10.3. The Morgan fingerprint density at radius 2 is 2.06 bits per heavy atom. The smallest absolute Gasteiger partial charge is 0.169 e. The molecule has 1 aliphatic rings. The second-order valence-corrected chi connectivity index (χ2v) is 4.67. The monoisotopic (exact) mass is 226 g/mol. The van der Waals surface area contributed by atoms with E-state index in [1.807, 2.05) is 31.2 Å². The van der Waals surface area contributed by atoms with Crippen LogP contribution in [-0.2, 0) is 0 Å². The summed E-state index contributed by atoms with van der Waals surface area (Å²) >= 11 is 0. The van der Waals surface area contributed by atoms with Gasteiger partial charge in [0.2, 0.25) is 0 Å². The summed E-state index contributed by atoms with van der Waals surface area (Å²) in [6.45, 7) is 1.86. The minimum atomic E-state index is 0.148. The molecule has 3 rings (SSSR count). The fraction of sp³-hybridized carbons (Fsp3) is 0.267. The Morgan fingerprint density at radius 1 is 1.29 bits per heavy atom. The predicted octanol–water partition coefficient (Wildman–Crippen LogP) is 3.57. The average Bonchev–Trinajstić information content (AvgIpc) is 3.05. The first-order valence-corrected chi connectivity index (χ1v) is 5.90. The van der Waals surface area contributed by atoms with E-state index in [2.05, 4.69) is 12.1 Å². The maximum absolute atomic E-state index is 12.1. The van der Waals surface area contributed by atoms with Crippen molar-refractivity contribution in [1.82, 2.24) is 0 Å². The van der Waals surface area contributed by atoms with Gasteiger partial charge in [0, 0.05) is 5.92 Å². The molecule has 2 heteroatoms. The summed E-state index contributed by atoms with van der Waals surface area (Å²) in [6.07, 6.45) is 2.53. The van der Waals surface area contributed by atoms with Crippen LogP contribution < -0.4 is 0 Å². The Bertz CT molecular complexity index is 539. The first-order chi connectivity index (χ1) is 8.25. The van der Waals surface area contributed by atoms with Gasteiger partial charge in [0.05, 0.1) is 5.56 Å². The molecule has 0 aliphatic heterocycles. The summed E-state index contributed by atoms with van der Waals surface area (Å²) in [5, 5.41) is 0. The molecule has 1 heterocycles. The summed E-state index contributed by atoms with van der Waals surface area (Å²) in [5.41, 5.74) is 1.98. The molecule has 0 bridgehead atoms. The molecule has 0 saturated heterocycles. The number of rotatable bonds is 3. The number of carbonyl (C=O) groups is 1. The van der Waals surface area contributed by atoms with Gasteiger partial charge in [-0.1, -0.05) is 30.3 Å². The quantitative estimate of drug-likeness (QED) is 0.749. The minimum Gasteiger partial charge on any atom is -0.469 e. The van der Waals surface area contributed by atoms with Crippen molar-refractivity contribution < 1.29 is 9.21 Å². The normalized spacial score (nSPS) is 22.4. The van der Waals surface area contributed by atoms with E-state index >= 15 is 0 Å². The van der Waals surface area contributed by atoms with E-state index in [4.69, 9.17) is 4.42 Å². The summed E-state index contributed by atoms with van der Waals surface area (Å²) < 4.78 is 5.18. The summed E-state index contributed by atoms with van der Waals surface area (Å²) in [5.74, 6) is 1.56. The van der Waals surface area contributed by atoms with Crippen LogP contribution in [-0.4, -0.2) is 5.78 Å². The largest absolute Gasteiger partial charge is 0.469 e. The molecule has 0 amide bonds. The topological polar surface area (TPSA) is 30.2 Å². The molecular weight excluding hydrogens is 212 g/mol. The average molecular weight is 226 g/mol. The van der Waals surface area contributed by atoms with E-state index in [1.165, 1.54) is 5.56 Å². The lowest BCUT2D eigenvalue weighted by molar-refractivity contribution is 0.0964. The zero-order valence-corrected chi connectivity index (χ0v) is 9.72. The molecule has 2 nitrogen and oxygen atoms in total. The highest BCUT2D eigenvalue weighted by molar-refractivity contribution is 6.00. The molecule has 0 N–H and O–H groups in total. The van der Waals surface area contributed by atoms with Crippen molar-refractivity contribution in [2.45, 2.75) is 19.3 Å². The fourth-order valence-corrected chi connectivity index (χ4v) is 2.34. The molecule has 2 aromatic rings. The van der Waals surface area contributed by atoms with Crippen LogP contribution in [0.1, 0.15) is 34.0 Å². The second-order valence-electron chi connectivity index (χ2n) is 4.67. The molecule has 1 aromatic heterocycles. The highest BCUT2D eigenvalue weighted by Crippen LogP contribution is 2.49. The lowest BCUT2D eigenvalue weighted by Crippen LogP contribution is -2.01. The van der Waals surface area contributed by atoms with Gasteiger partial charge in [0.25, 0.3) is 0 Å². The van der Waals surface area contributed by atoms with Crippen molar-refractivity contribution in [3.63, 3.8) is 0 Å². The maximum Gasteiger partial charge on any atom is 0.169 e. The van der Waals surface area contributed by atoms with Gasteiger partial charge in [-0.05, 0) is 30.9 Å². The number of carbonyl (C=O) groups excluding carboxylic acids is 1. The number of hydrogen-bond donors (Lipinski definition) is 0. The van der Waals surface area contributed by atoms with Crippen LogP contribution >= 0.6 is 0 Å². The van der Waals surface area contributed by atoms with E-state index < -0.39 is 0 Å². The predicted molar refractivity (Wildman–Crippen MR) is 65.1 cm³/mol. The molecule has 1 aromatic carbocycles. The van der Waals surface area contributed by atoms with Gasteiger partial charge in [-0.25, -0.2) is 0 Å². The minimum absolute atomic E-state index is 0.148. The van der Waals surface area contributed by atoms with Crippen molar-refractivity contribution in [2.75, 3.05) is 0 Å². The molecule has 0 spiro atoms. The molecule has 1 saturated carbocycles. The van der Waals surface area contributed by atoms with Crippen LogP contribution in [0.25, 0.3) is 0 Å². The summed E-state index contributed by atoms with van der Waals surface area (Å²) in [6, 6.07) is 12.1. The number of aryl methyl sites for hydroxylation is 1. The van der Waals surface area contributed by atoms with Gasteiger partial charge in [-0.15, -0.1) is 0 Å². The number of Topliss-reactive ketones (excluding diaryl/α,β-unsaturated/α-hetero) is 1. The van der Waals surface area contributed by atoms with Gasteiger partial charge in [0.1, 0.15) is 12.0 Å². The van der Waals surface area contributed by atoms with Crippen LogP contribution in [0, 0.1) is 12.8 Å². The summed E-state index contributed by atoms with van der Waals surface area (Å²) in [7, 11) is 0. The lowest BCUT2D eigenvalue weighted by Gasteiger charge is -1.98. The van der Waals surface area contributed by atoms with Crippen LogP contribution in [0.4, 0.5) is 0 Å². The number of benzene rings is 1. The maximum atomic E-state index is 12.1. The Kier molecular flexibility index (Phi) is 2.36. The van der Waals surface area contributed by atoms with E-state index in [1.54, 1.807) is 6.26 Å². The van der Waals surface area contributed by atoms with Gasteiger partial charge >= 0.3 is 0 Å². The van der Waals surface area contributed by atoms with Crippen molar-refractivity contribution in [3.05, 3.63) is 59.5 Å². The van der Waals surface area contributed by atoms with E-state index in [0.717, 1.165) is 12.2 Å². The third-order valence-corrected chi connectivity index (χ3v) is 3.37. The molecule has 2 unspecified atom stereocenters. The molecular formula is C15H14O2. The van der Waals surface area contributed by atoms with Crippen LogP contribution in [0.2, 0.25) is 0 Å². The first-order valence-electron chi connectivity index (χ1n) is 5.90. The molecule has 1 fully saturated rings. The number of hydrogen-bond acceptors (Lipinski definition) is 2. The van der Waals surface area contributed by atoms with Gasteiger partial charge in [-0.3, -0.25) is 4.79 Å². The Balaban J connectivity index is 1.75. The van der Waals surface area contributed by atoms with Crippen molar-refractivity contribution >= 4 is 5.78 Å². The summed E-state index contributed by atoms with van der Waals surface area (Å²) in [4.78, 5) is 12.1. The molecule has 86 valence electrons. The van der Waals surface area contributed by atoms with E-state index in [9.17, 15) is 4.79 Å². The molecule has 2 atom stereocenters. The van der Waals surface area contributed by atoms with Crippen LogP contribution in [0.5, 0.6) is 0 Å². The SMILES string of the molecule is Cc1cc(C(=O)C2CC2c2ccccc2)co1. The van der Waals surface area contributed by atoms with Crippen molar-refractivity contribution in [1.29, 1.82) is 0 Å². The van der Waals surface area contributed by atoms with Crippen LogP contribution in [0.3, 0.4) is 0 Å². The van der Waals surface area contributed by atoms with Crippen molar-refractivity contribution in [3.8, 4) is 0 Å². The zero-order chi connectivity index (χ0) is 11.8. The third-order valence-electron chi connectivity index (χ3n) is 3.37. The Morgan fingerprint density at radius 3 is 2.71 bits per heavy atom. The van der Waals surface area contributed by atoms with E-state index in [0.29, 0.717) is 11.5 Å². The molecule has 17 heavy (non-hydrogen) atoms. The molecule has 0 radical (unpaired) electrons. The molecule has 1 aliphatic carbocycles. The van der Waals surface area contributed by atoms with Gasteiger partial charge in [-0.2, -0.15) is 0 Å². The standard InChI is InChI=1S/C15H14O2/c1-10-7-12(9-17-10)15(16)14-8-13(14)11-5-3-2-4-6-11/h2-7,9,13-14H,8H2,1H3. The zero-order valence-electron chi connectivity index (χ0n) is 9.72. The number of ketones is 1. The van der Waals surface area contributed by atoms with Gasteiger partial charge < -0.3 is 4.42 Å². The highest BCUT2D eigenvalue weighted by Gasteiger charge is 2.44. The Labute approximate surface area is 100 Å². The van der Waals surface area contributed by atoms with Crippen LogP contribution in [0.15, 0.2) is 47.1 Å². The third kappa shape index (κ3) is 1.91. The second kappa shape index (κ2) is 3.88. The van der Waals surface area contributed by atoms with E-state index in [-0.39, 0.29) is 11.7 Å². The Hall–Kier alpha value is -1.83. The fourth-order valence-electron chi connectivity index (χ4n) is 2.34.